The minimum atomic E-state index is -0.156. The maximum Gasteiger partial charge on any atom is 0.272 e. The maximum absolute atomic E-state index is 12.0. The number of nitrogens with one attached hydrogen (secondary N) is 2. The minimum Gasteiger partial charge on any atom is -0.347 e. The van der Waals surface area contributed by atoms with Crippen molar-refractivity contribution in [2.75, 3.05) is 0 Å². The highest BCUT2D eigenvalue weighted by atomic mass is 79.9. The van der Waals surface area contributed by atoms with Crippen LogP contribution in [0.5, 0.6) is 0 Å². The summed E-state index contributed by atoms with van der Waals surface area (Å²) in [6.45, 7) is 4.76. The average Bonchev–Trinajstić information content (AvgIpc) is 2.84. The van der Waals surface area contributed by atoms with E-state index in [9.17, 15) is 4.79 Å². The number of aromatic amines is 1. The van der Waals surface area contributed by atoms with Gasteiger partial charge in [0, 0.05) is 16.7 Å². The topological polar surface area (TPSA) is 57.8 Å². The molecular formula is C15H18BrN3O. The lowest BCUT2D eigenvalue weighted by molar-refractivity contribution is 0.0946. The van der Waals surface area contributed by atoms with Crippen molar-refractivity contribution in [2.24, 2.45) is 5.92 Å². The third kappa shape index (κ3) is 4.20. The van der Waals surface area contributed by atoms with E-state index in [0.717, 1.165) is 22.2 Å². The average molecular weight is 336 g/mol. The van der Waals surface area contributed by atoms with Crippen LogP contribution in [0.2, 0.25) is 0 Å². The molecule has 0 bridgehead atoms. The highest BCUT2D eigenvalue weighted by Gasteiger charge is 2.10. The fraction of sp³-hybridized carbons (Fsp3) is 0.333. The fourth-order valence-electron chi connectivity index (χ4n) is 1.94. The quantitative estimate of drug-likeness (QED) is 0.880. The van der Waals surface area contributed by atoms with Gasteiger partial charge in [0.1, 0.15) is 5.69 Å². The summed E-state index contributed by atoms with van der Waals surface area (Å²) in [5.74, 6) is 0.379. The van der Waals surface area contributed by atoms with Gasteiger partial charge in [-0.05, 0) is 36.1 Å². The third-order valence-electron chi connectivity index (χ3n) is 2.83. The van der Waals surface area contributed by atoms with E-state index in [0.29, 0.717) is 18.2 Å². The second kappa shape index (κ2) is 6.70. The molecule has 5 heteroatoms. The zero-order valence-corrected chi connectivity index (χ0v) is 13.2. The first-order valence-electron chi connectivity index (χ1n) is 6.61. The molecule has 0 saturated heterocycles. The predicted octanol–water partition coefficient (Wildman–Crippen LogP) is 3.30. The summed E-state index contributed by atoms with van der Waals surface area (Å²) >= 11 is 3.41. The van der Waals surface area contributed by atoms with Crippen LogP contribution in [-0.2, 0) is 13.0 Å². The Balaban J connectivity index is 1.93. The number of halogens is 1. The first-order valence-corrected chi connectivity index (χ1v) is 7.41. The van der Waals surface area contributed by atoms with Gasteiger partial charge >= 0.3 is 0 Å². The van der Waals surface area contributed by atoms with Crippen LogP contribution in [0.25, 0.3) is 0 Å². The zero-order valence-electron chi connectivity index (χ0n) is 11.6. The van der Waals surface area contributed by atoms with Crippen molar-refractivity contribution in [3.05, 3.63) is 51.8 Å². The van der Waals surface area contributed by atoms with E-state index in [1.165, 1.54) is 0 Å². The highest BCUT2D eigenvalue weighted by Crippen LogP contribution is 2.11. The van der Waals surface area contributed by atoms with Crippen molar-refractivity contribution in [3.63, 3.8) is 0 Å². The van der Waals surface area contributed by atoms with Crippen LogP contribution in [0.3, 0.4) is 0 Å². The molecule has 0 saturated carbocycles. The predicted molar refractivity (Wildman–Crippen MR) is 82.4 cm³/mol. The standard InChI is InChI=1S/C15H18BrN3O/c1-10(2)6-13-8-14(19-18-13)15(20)17-9-11-4-3-5-12(16)7-11/h3-5,7-8,10H,6,9H2,1-2H3,(H,17,20)(H,18,19). The van der Waals surface area contributed by atoms with Gasteiger partial charge in [-0.1, -0.05) is 41.9 Å². The maximum atomic E-state index is 12.0. The van der Waals surface area contributed by atoms with E-state index in [1.807, 2.05) is 30.3 Å². The van der Waals surface area contributed by atoms with Gasteiger partial charge in [0.25, 0.3) is 5.91 Å². The summed E-state index contributed by atoms with van der Waals surface area (Å²) in [5.41, 5.74) is 2.48. The highest BCUT2D eigenvalue weighted by molar-refractivity contribution is 9.10. The smallest absolute Gasteiger partial charge is 0.272 e. The molecule has 2 N–H and O–H groups in total. The molecule has 0 atom stereocenters. The Bertz CT molecular complexity index is 592. The molecular weight excluding hydrogens is 318 g/mol. The molecule has 1 amide bonds. The molecule has 20 heavy (non-hydrogen) atoms. The number of aromatic nitrogens is 2. The number of carbonyl (C=O) groups is 1. The molecule has 2 rings (SSSR count). The SMILES string of the molecule is CC(C)Cc1cc(C(=O)NCc2cccc(Br)c2)n[nH]1. The molecule has 0 fully saturated rings. The van der Waals surface area contributed by atoms with Gasteiger partial charge in [-0.3, -0.25) is 9.89 Å². The summed E-state index contributed by atoms with van der Waals surface area (Å²) in [6.07, 6.45) is 0.895. The van der Waals surface area contributed by atoms with Crippen LogP contribution >= 0.6 is 15.9 Å². The third-order valence-corrected chi connectivity index (χ3v) is 3.33. The van der Waals surface area contributed by atoms with Crippen molar-refractivity contribution >= 4 is 21.8 Å². The van der Waals surface area contributed by atoms with Gasteiger partial charge in [0.15, 0.2) is 0 Å². The normalized spacial score (nSPS) is 10.8. The van der Waals surface area contributed by atoms with Gasteiger partial charge in [-0.2, -0.15) is 5.10 Å². The summed E-state index contributed by atoms with van der Waals surface area (Å²) in [7, 11) is 0. The minimum absolute atomic E-state index is 0.156. The lowest BCUT2D eigenvalue weighted by Crippen LogP contribution is -2.23. The van der Waals surface area contributed by atoms with Crippen molar-refractivity contribution < 1.29 is 4.79 Å². The van der Waals surface area contributed by atoms with Crippen LogP contribution in [0, 0.1) is 5.92 Å². The lowest BCUT2D eigenvalue weighted by atomic mass is 10.1. The van der Waals surface area contributed by atoms with E-state index < -0.39 is 0 Å². The van der Waals surface area contributed by atoms with Crippen LogP contribution in [0.1, 0.15) is 35.6 Å². The lowest BCUT2D eigenvalue weighted by Gasteiger charge is -2.03. The Morgan fingerprint density at radius 2 is 2.20 bits per heavy atom. The van der Waals surface area contributed by atoms with E-state index in [-0.39, 0.29) is 5.91 Å². The number of benzene rings is 1. The number of hydrogen-bond donors (Lipinski definition) is 2. The number of H-pyrrole nitrogens is 1. The monoisotopic (exact) mass is 335 g/mol. The van der Waals surface area contributed by atoms with Crippen molar-refractivity contribution in [1.82, 2.24) is 15.5 Å². The molecule has 0 aliphatic heterocycles. The van der Waals surface area contributed by atoms with E-state index >= 15 is 0 Å². The largest absolute Gasteiger partial charge is 0.347 e. The van der Waals surface area contributed by atoms with E-state index in [2.05, 4.69) is 45.3 Å². The molecule has 0 aliphatic rings. The van der Waals surface area contributed by atoms with Crippen molar-refractivity contribution in [3.8, 4) is 0 Å². The van der Waals surface area contributed by atoms with Gasteiger partial charge in [0.2, 0.25) is 0 Å². The molecule has 1 heterocycles. The number of amides is 1. The van der Waals surface area contributed by atoms with Crippen LogP contribution in [-0.4, -0.2) is 16.1 Å². The molecule has 0 radical (unpaired) electrons. The molecule has 106 valence electrons. The Morgan fingerprint density at radius 3 is 2.90 bits per heavy atom. The van der Waals surface area contributed by atoms with Gasteiger partial charge in [-0.15, -0.1) is 0 Å². The van der Waals surface area contributed by atoms with Crippen LogP contribution < -0.4 is 5.32 Å². The first-order chi connectivity index (χ1) is 9.54. The molecule has 0 unspecified atom stereocenters. The fourth-order valence-corrected chi connectivity index (χ4v) is 2.39. The van der Waals surface area contributed by atoms with E-state index in [1.54, 1.807) is 0 Å². The van der Waals surface area contributed by atoms with Gasteiger partial charge in [0.05, 0.1) is 0 Å². The summed E-state index contributed by atoms with van der Waals surface area (Å²) in [6, 6.07) is 9.67. The summed E-state index contributed by atoms with van der Waals surface area (Å²) in [5, 5.41) is 9.83. The summed E-state index contributed by atoms with van der Waals surface area (Å²) < 4.78 is 1.00. The molecule has 1 aromatic carbocycles. The van der Waals surface area contributed by atoms with E-state index in [4.69, 9.17) is 0 Å². The van der Waals surface area contributed by atoms with Crippen LogP contribution in [0.4, 0.5) is 0 Å². The number of carbonyl (C=O) groups excluding carboxylic acids is 1. The Hall–Kier alpha value is -1.62. The van der Waals surface area contributed by atoms with Crippen LogP contribution in [0.15, 0.2) is 34.8 Å². The molecule has 2 aromatic rings. The molecule has 4 nitrogen and oxygen atoms in total. The second-order valence-corrected chi connectivity index (χ2v) is 6.10. The number of rotatable bonds is 5. The second-order valence-electron chi connectivity index (χ2n) is 5.19. The molecule has 1 aromatic heterocycles. The van der Waals surface area contributed by atoms with Crippen molar-refractivity contribution in [1.29, 1.82) is 0 Å². The van der Waals surface area contributed by atoms with Gasteiger partial charge < -0.3 is 5.32 Å². The Kier molecular flexibility index (Phi) is 4.95. The molecule has 0 spiro atoms. The van der Waals surface area contributed by atoms with Gasteiger partial charge in [-0.25, -0.2) is 0 Å². The Morgan fingerprint density at radius 1 is 1.40 bits per heavy atom. The number of nitrogens with zero attached hydrogens (tertiary/aromatic N) is 1. The zero-order chi connectivity index (χ0) is 14.5. The van der Waals surface area contributed by atoms with Crippen molar-refractivity contribution in [2.45, 2.75) is 26.8 Å². The molecule has 0 aliphatic carbocycles. The summed E-state index contributed by atoms with van der Waals surface area (Å²) in [4.78, 5) is 12.0. The first kappa shape index (κ1) is 14.8. The number of hydrogen-bond acceptors (Lipinski definition) is 2. The Labute approximate surface area is 127 Å².